The number of rotatable bonds is 3. The highest BCUT2D eigenvalue weighted by Gasteiger charge is 2.41. The van der Waals surface area contributed by atoms with Crippen LogP contribution in [0.15, 0.2) is 35.2 Å². The summed E-state index contributed by atoms with van der Waals surface area (Å²) in [5.41, 5.74) is 0.920. The number of hydrogen-bond donors (Lipinski definition) is 2. The summed E-state index contributed by atoms with van der Waals surface area (Å²) in [7, 11) is -3.97. The van der Waals surface area contributed by atoms with Crippen molar-refractivity contribution in [3.05, 3.63) is 41.6 Å². The van der Waals surface area contributed by atoms with Gasteiger partial charge in [-0.25, -0.2) is 18.1 Å². The van der Waals surface area contributed by atoms with Gasteiger partial charge in [-0.05, 0) is 43.4 Å². The summed E-state index contributed by atoms with van der Waals surface area (Å²) in [4.78, 5) is 21.4. The quantitative estimate of drug-likeness (QED) is 0.775. The van der Waals surface area contributed by atoms with Gasteiger partial charge in [0.2, 0.25) is 11.8 Å². The molecule has 4 rings (SSSR count). The number of amides is 1. The molecule has 0 unspecified atom stereocenters. The molecule has 0 radical (unpaired) electrons. The van der Waals surface area contributed by atoms with Gasteiger partial charge in [0.05, 0.1) is 16.6 Å². The van der Waals surface area contributed by atoms with Crippen LogP contribution in [0.2, 0.25) is 0 Å². The SMILES string of the molecule is CC(C)C[C@@H]1COc2cc(C3(C)CC3)nc(n2)NS(=O)(=O)c2cccc(c2)C(=O)N1. The van der Waals surface area contributed by atoms with Crippen molar-refractivity contribution in [2.45, 2.75) is 56.4 Å². The molecule has 1 fully saturated rings. The van der Waals surface area contributed by atoms with E-state index >= 15 is 0 Å². The number of sulfonamides is 1. The first kappa shape index (κ1) is 20.6. The number of aromatic nitrogens is 2. The monoisotopic (exact) mass is 430 g/mol. The number of carbonyl (C=O) groups is 1. The first-order valence-electron chi connectivity index (χ1n) is 10.1. The van der Waals surface area contributed by atoms with Crippen LogP contribution in [0.1, 0.15) is 56.1 Å². The van der Waals surface area contributed by atoms with Crippen LogP contribution in [-0.4, -0.2) is 36.9 Å². The summed E-state index contributed by atoms with van der Waals surface area (Å²) in [5, 5.41) is 2.97. The van der Waals surface area contributed by atoms with Gasteiger partial charge < -0.3 is 10.1 Å². The van der Waals surface area contributed by atoms with E-state index in [1.54, 1.807) is 18.2 Å². The fourth-order valence-electron chi connectivity index (χ4n) is 3.47. The fourth-order valence-corrected chi connectivity index (χ4v) is 4.46. The van der Waals surface area contributed by atoms with Gasteiger partial charge in [-0.3, -0.25) is 4.79 Å². The molecule has 1 amide bonds. The lowest BCUT2D eigenvalue weighted by Crippen LogP contribution is -2.40. The smallest absolute Gasteiger partial charge is 0.264 e. The summed E-state index contributed by atoms with van der Waals surface area (Å²) in [6.07, 6.45) is 2.66. The Kier molecular flexibility index (Phi) is 5.17. The van der Waals surface area contributed by atoms with Crippen LogP contribution in [0.4, 0.5) is 5.95 Å². The predicted octanol–water partition coefficient (Wildman–Crippen LogP) is 2.87. The van der Waals surface area contributed by atoms with Crippen molar-refractivity contribution < 1.29 is 17.9 Å². The van der Waals surface area contributed by atoms with Crippen LogP contribution in [0.5, 0.6) is 5.88 Å². The lowest BCUT2D eigenvalue weighted by Gasteiger charge is -2.21. The number of nitrogens with zero attached hydrogens (tertiary/aromatic N) is 2. The molecule has 2 N–H and O–H groups in total. The van der Waals surface area contributed by atoms with Gasteiger partial charge >= 0.3 is 0 Å². The minimum atomic E-state index is -3.97. The second kappa shape index (κ2) is 7.54. The highest BCUT2D eigenvalue weighted by molar-refractivity contribution is 7.92. The Morgan fingerprint density at radius 3 is 2.70 bits per heavy atom. The van der Waals surface area contributed by atoms with Crippen molar-refractivity contribution in [2.75, 3.05) is 11.3 Å². The molecule has 8 nitrogen and oxygen atoms in total. The summed E-state index contributed by atoms with van der Waals surface area (Å²) in [6, 6.07) is 7.45. The molecule has 30 heavy (non-hydrogen) atoms. The molecule has 0 spiro atoms. The average molecular weight is 431 g/mol. The second-order valence-corrected chi connectivity index (χ2v) is 10.4. The van der Waals surface area contributed by atoms with Gasteiger partial charge in [0.25, 0.3) is 15.9 Å². The standard InChI is InChI=1S/C21H26N4O4S/c1-13(2)9-15-12-29-18-11-17(21(3)7-8-21)23-20(24-18)25-30(27,28)16-6-4-5-14(10-16)19(26)22-15/h4-6,10-11,13,15H,7-9,12H2,1-3H3,(H,22,26)(H,23,24,25)/t15-/m1/s1. The van der Waals surface area contributed by atoms with E-state index in [-0.39, 0.29) is 40.4 Å². The highest BCUT2D eigenvalue weighted by atomic mass is 32.2. The summed E-state index contributed by atoms with van der Waals surface area (Å²) in [5.74, 6) is 0.258. The van der Waals surface area contributed by atoms with Crippen LogP contribution in [0.3, 0.4) is 0 Å². The normalized spacial score (nSPS) is 21.9. The maximum Gasteiger partial charge on any atom is 0.264 e. The molecule has 1 atom stereocenters. The van der Waals surface area contributed by atoms with E-state index in [1.165, 1.54) is 12.1 Å². The number of fused-ring (bicyclic) bond motifs is 4. The lowest BCUT2D eigenvalue weighted by atomic mass is 10.0. The van der Waals surface area contributed by atoms with E-state index in [4.69, 9.17) is 4.74 Å². The zero-order chi connectivity index (χ0) is 21.5. The third-order valence-corrected chi connectivity index (χ3v) is 6.80. The Hall–Kier alpha value is -2.68. The minimum Gasteiger partial charge on any atom is -0.475 e. The molecule has 2 aliphatic rings. The maximum atomic E-state index is 12.9. The van der Waals surface area contributed by atoms with E-state index in [2.05, 4.69) is 40.8 Å². The van der Waals surface area contributed by atoms with E-state index in [9.17, 15) is 13.2 Å². The highest BCUT2D eigenvalue weighted by Crippen LogP contribution is 2.47. The Morgan fingerprint density at radius 2 is 2.00 bits per heavy atom. The third-order valence-electron chi connectivity index (χ3n) is 5.48. The van der Waals surface area contributed by atoms with Gasteiger partial charge in [0, 0.05) is 17.0 Å². The van der Waals surface area contributed by atoms with Crippen molar-refractivity contribution in [3.8, 4) is 5.88 Å². The summed E-state index contributed by atoms with van der Waals surface area (Å²) in [6.45, 7) is 6.44. The average Bonchev–Trinajstić information content (AvgIpc) is 3.43. The zero-order valence-corrected chi connectivity index (χ0v) is 18.1. The molecular formula is C21H26N4O4S. The van der Waals surface area contributed by atoms with Crippen LogP contribution in [-0.2, 0) is 15.4 Å². The van der Waals surface area contributed by atoms with E-state index in [0.717, 1.165) is 18.5 Å². The molecule has 1 aliphatic heterocycles. The summed E-state index contributed by atoms with van der Waals surface area (Å²) >= 11 is 0. The van der Waals surface area contributed by atoms with Gasteiger partial charge in [-0.2, -0.15) is 4.98 Å². The molecule has 9 heteroatoms. The zero-order valence-electron chi connectivity index (χ0n) is 17.3. The van der Waals surface area contributed by atoms with Crippen LogP contribution < -0.4 is 14.8 Å². The van der Waals surface area contributed by atoms with Gasteiger partial charge in [-0.1, -0.05) is 26.8 Å². The first-order valence-corrected chi connectivity index (χ1v) is 11.6. The number of nitrogens with one attached hydrogen (secondary N) is 2. The van der Waals surface area contributed by atoms with Crippen LogP contribution in [0.25, 0.3) is 0 Å². The van der Waals surface area contributed by atoms with Crippen LogP contribution >= 0.6 is 0 Å². The first-order chi connectivity index (χ1) is 14.1. The van der Waals surface area contributed by atoms with Gasteiger partial charge in [0.15, 0.2) is 0 Å². The molecule has 2 aromatic rings. The predicted molar refractivity (Wildman–Crippen MR) is 112 cm³/mol. The van der Waals surface area contributed by atoms with Crippen molar-refractivity contribution in [3.63, 3.8) is 0 Å². The number of anilines is 1. The topological polar surface area (TPSA) is 110 Å². The molecule has 1 aromatic carbocycles. The summed E-state index contributed by atoms with van der Waals surface area (Å²) < 4.78 is 34.2. The van der Waals surface area contributed by atoms with Crippen molar-refractivity contribution in [1.82, 2.24) is 15.3 Å². The maximum absolute atomic E-state index is 12.9. The molecule has 1 aliphatic carbocycles. The molecule has 160 valence electrons. The van der Waals surface area contributed by atoms with Gasteiger partial charge in [-0.15, -0.1) is 0 Å². The molecule has 1 aromatic heterocycles. The number of benzene rings is 1. The largest absolute Gasteiger partial charge is 0.475 e. The molecule has 0 saturated heterocycles. The van der Waals surface area contributed by atoms with Crippen LogP contribution in [0, 0.1) is 5.92 Å². The number of carbonyl (C=O) groups excluding carboxylic acids is 1. The van der Waals surface area contributed by atoms with Crippen molar-refractivity contribution in [2.24, 2.45) is 5.92 Å². The van der Waals surface area contributed by atoms with E-state index in [1.807, 2.05) is 0 Å². The van der Waals surface area contributed by atoms with Gasteiger partial charge in [0.1, 0.15) is 6.61 Å². The Morgan fingerprint density at radius 1 is 1.23 bits per heavy atom. The lowest BCUT2D eigenvalue weighted by molar-refractivity contribution is 0.0913. The van der Waals surface area contributed by atoms with Crippen molar-refractivity contribution in [1.29, 1.82) is 0 Å². The Balaban J connectivity index is 1.79. The minimum absolute atomic E-state index is 0.0242. The molecule has 4 bridgehead atoms. The Labute approximate surface area is 176 Å². The molecule has 2 heterocycles. The van der Waals surface area contributed by atoms with Crippen molar-refractivity contribution >= 4 is 21.9 Å². The Bertz CT molecular complexity index is 1080. The molecular weight excluding hydrogens is 404 g/mol. The van der Waals surface area contributed by atoms with E-state index in [0.29, 0.717) is 18.2 Å². The fraction of sp³-hybridized carbons (Fsp3) is 0.476. The number of ether oxygens (including phenoxy) is 1. The number of hydrogen-bond acceptors (Lipinski definition) is 6. The second-order valence-electron chi connectivity index (χ2n) is 8.72. The molecule has 1 saturated carbocycles. The third kappa shape index (κ3) is 4.40. The van der Waals surface area contributed by atoms with E-state index < -0.39 is 10.0 Å².